The van der Waals surface area contributed by atoms with Crippen LogP contribution in [0.5, 0.6) is 0 Å². The van der Waals surface area contributed by atoms with Gasteiger partial charge in [0.25, 0.3) is 0 Å². The Kier molecular flexibility index (Phi) is 2.92. The van der Waals surface area contributed by atoms with Gasteiger partial charge in [0.1, 0.15) is 5.58 Å². The molecule has 86 valence electrons. The molecule has 1 aromatic carbocycles. The third-order valence-electron chi connectivity index (χ3n) is 2.73. The Morgan fingerprint density at radius 3 is 2.81 bits per heavy atom. The minimum absolute atomic E-state index is 0.0845. The molecule has 2 rings (SSSR count). The van der Waals surface area contributed by atoms with Crippen molar-refractivity contribution in [2.24, 2.45) is 0 Å². The van der Waals surface area contributed by atoms with E-state index in [4.69, 9.17) is 4.42 Å². The Morgan fingerprint density at radius 2 is 2.12 bits per heavy atom. The summed E-state index contributed by atoms with van der Waals surface area (Å²) in [6, 6.07) is 3.07. The summed E-state index contributed by atoms with van der Waals surface area (Å²) < 4.78 is 32.3. The summed E-state index contributed by atoms with van der Waals surface area (Å²) in [4.78, 5) is 0. The zero-order valence-electron chi connectivity index (χ0n) is 9.18. The van der Waals surface area contributed by atoms with Gasteiger partial charge in [-0.2, -0.15) is 0 Å². The van der Waals surface area contributed by atoms with E-state index in [9.17, 15) is 8.78 Å². The van der Waals surface area contributed by atoms with E-state index in [1.165, 1.54) is 12.3 Å². The molecule has 0 fully saturated rings. The van der Waals surface area contributed by atoms with E-state index in [1.54, 1.807) is 13.1 Å². The summed E-state index contributed by atoms with van der Waals surface area (Å²) in [5.41, 5.74) is 0.721. The van der Waals surface area contributed by atoms with Gasteiger partial charge >= 0.3 is 0 Å². The summed E-state index contributed by atoms with van der Waals surface area (Å²) in [7, 11) is 1.78. The van der Waals surface area contributed by atoms with E-state index < -0.39 is 11.6 Å². The second-order valence-electron chi connectivity index (χ2n) is 3.89. The highest BCUT2D eigenvalue weighted by atomic mass is 19.2. The lowest BCUT2D eigenvalue weighted by atomic mass is 10.0. The van der Waals surface area contributed by atoms with E-state index >= 15 is 0 Å². The van der Waals surface area contributed by atoms with Crippen LogP contribution in [0.1, 0.15) is 12.5 Å². The average molecular weight is 225 g/mol. The largest absolute Gasteiger partial charge is 0.464 e. The first-order valence-electron chi connectivity index (χ1n) is 5.14. The standard InChI is InChI=1S/C12H13F2NO/c1-7(15-2)5-8-6-10-9(3-4-16-10)12(14)11(8)13/h3-4,6-7,15H,5H2,1-2H3/t7-/m1/s1. The molecule has 1 atom stereocenters. The number of rotatable bonds is 3. The second-order valence-corrected chi connectivity index (χ2v) is 3.89. The van der Waals surface area contributed by atoms with Crippen LogP contribution in [-0.4, -0.2) is 13.1 Å². The summed E-state index contributed by atoms with van der Waals surface area (Å²) in [6.45, 7) is 1.91. The Labute approximate surface area is 92.2 Å². The van der Waals surface area contributed by atoms with Crippen molar-refractivity contribution in [3.63, 3.8) is 0 Å². The van der Waals surface area contributed by atoms with Crippen LogP contribution in [0.4, 0.5) is 8.78 Å². The first-order valence-corrected chi connectivity index (χ1v) is 5.14. The molecule has 0 aliphatic heterocycles. The van der Waals surface area contributed by atoms with Gasteiger partial charge < -0.3 is 9.73 Å². The predicted molar refractivity (Wildman–Crippen MR) is 58.4 cm³/mol. The lowest BCUT2D eigenvalue weighted by molar-refractivity contribution is 0.494. The normalized spacial score (nSPS) is 13.2. The molecular formula is C12H13F2NO. The molecule has 0 radical (unpaired) electrons. The first kappa shape index (κ1) is 11.1. The molecule has 1 heterocycles. The number of halogens is 2. The molecular weight excluding hydrogens is 212 g/mol. The highest BCUT2D eigenvalue weighted by Crippen LogP contribution is 2.25. The van der Waals surface area contributed by atoms with Crippen molar-refractivity contribution in [1.82, 2.24) is 5.32 Å². The fourth-order valence-corrected chi connectivity index (χ4v) is 1.68. The van der Waals surface area contributed by atoms with E-state index in [1.807, 2.05) is 6.92 Å². The molecule has 2 aromatic rings. The van der Waals surface area contributed by atoms with Crippen molar-refractivity contribution < 1.29 is 13.2 Å². The quantitative estimate of drug-likeness (QED) is 0.868. The average Bonchev–Trinajstić information content (AvgIpc) is 2.73. The number of furan rings is 1. The molecule has 0 saturated heterocycles. The van der Waals surface area contributed by atoms with Crippen molar-refractivity contribution in [1.29, 1.82) is 0 Å². The van der Waals surface area contributed by atoms with Crippen LogP contribution in [0.15, 0.2) is 22.8 Å². The maximum atomic E-state index is 13.7. The van der Waals surface area contributed by atoms with Crippen LogP contribution in [0.2, 0.25) is 0 Å². The molecule has 0 saturated carbocycles. The van der Waals surface area contributed by atoms with Gasteiger partial charge in [0, 0.05) is 6.04 Å². The van der Waals surface area contributed by atoms with Gasteiger partial charge in [-0.1, -0.05) is 0 Å². The third kappa shape index (κ3) is 1.80. The molecule has 0 spiro atoms. The molecule has 0 aliphatic rings. The molecule has 1 N–H and O–H groups in total. The molecule has 4 heteroatoms. The Hall–Kier alpha value is -1.42. The van der Waals surface area contributed by atoms with Crippen LogP contribution >= 0.6 is 0 Å². The van der Waals surface area contributed by atoms with Crippen molar-refractivity contribution in [2.75, 3.05) is 7.05 Å². The third-order valence-corrected chi connectivity index (χ3v) is 2.73. The lowest BCUT2D eigenvalue weighted by Crippen LogP contribution is -2.24. The lowest BCUT2D eigenvalue weighted by Gasteiger charge is -2.11. The maximum Gasteiger partial charge on any atom is 0.170 e. The van der Waals surface area contributed by atoms with Gasteiger partial charge in [0.2, 0.25) is 0 Å². The highest BCUT2D eigenvalue weighted by molar-refractivity contribution is 5.78. The molecule has 0 amide bonds. The zero-order chi connectivity index (χ0) is 11.7. The van der Waals surface area contributed by atoms with Crippen LogP contribution < -0.4 is 5.32 Å². The van der Waals surface area contributed by atoms with E-state index in [0.29, 0.717) is 17.6 Å². The van der Waals surface area contributed by atoms with Crippen molar-refractivity contribution in [2.45, 2.75) is 19.4 Å². The fraction of sp³-hybridized carbons (Fsp3) is 0.333. The van der Waals surface area contributed by atoms with Gasteiger partial charge in [-0.15, -0.1) is 0 Å². The van der Waals surface area contributed by atoms with Crippen LogP contribution in [0.25, 0.3) is 11.0 Å². The first-order chi connectivity index (χ1) is 7.63. The molecule has 16 heavy (non-hydrogen) atoms. The maximum absolute atomic E-state index is 13.7. The molecule has 0 aliphatic carbocycles. The Balaban J connectivity index is 2.48. The zero-order valence-corrected chi connectivity index (χ0v) is 9.18. The molecule has 1 aromatic heterocycles. The van der Waals surface area contributed by atoms with Gasteiger partial charge in [0.05, 0.1) is 11.6 Å². The molecule has 2 nitrogen and oxygen atoms in total. The molecule has 0 bridgehead atoms. The second kappa shape index (κ2) is 4.22. The number of likely N-dealkylation sites (N-methyl/N-ethyl adjacent to an activating group) is 1. The Bertz CT molecular complexity index is 507. The van der Waals surface area contributed by atoms with Crippen molar-refractivity contribution in [3.05, 3.63) is 35.6 Å². The van der Waals surface area contributed by atoms with Crippen molar-refractivity contribution in [3.8, 4) is 0 Å². The minimum Gasteiger partial charge on any atom is -0.464 e. The topological polar surface area (TPSA) is 25.2 Å². The number of hydrogen-bond donors (Lipinski definition) is 1. The number of nitrogens with one attached hydrogen (secondary N) is 1. The monoisotopic (exact) mass is 225 g/mol. The number of benzene rings is 1. The Morgan fingerprint density at radius 1 is 1.38 bits per heavy atom. The number of fused-ring (bicyclic) bond motifs is 1. The van der Waals surface area contributed by atoms with Gasteiger partial charge in [-0.05, 0) is 38.1 Å². The summed E-state index contributed by atoms with van der Waals surface area (Å²) in [6.07, 6.45) is 1.79. The minimum atomic E-state index is -0.829. The van der Waals surface area contributed by atoms with Gasteiger partial charge in [-0.3, -0.25) is 0 Å². The van der Waals surface area contributed by atoms with Crippen LogP contribution in [0.3, 0.4) is 0 Å². The fourth-order valence-electron chi connectivity index (χ4n) is 1.68. The summed E-state index contributed by atoms with van der Waals surface area (Å²) >= 11 is 0. The smallest absolute Gasteiger partial charge is 0.170 e. The SMILES string of the molecule is CN[C@H](C)Cc1cc2occc2c(F)c1F. The van der Waals surface area contributed by atoms with Gasteiger partial charge in [0.15, 0.2) is 11.6 Å². The van der Waals surface area contributed by atoms with Crippen LogP contribution in [-0.2, 0) is 6.42 Å². The van der Waals surface area contributed by atoms with E-state index in [2.05, 4.69) is 5.32 Å². The highest BCUT2D eigenvalue weighted by Gasteiger charge is 2.16. The summed E-state index contributed by atoms with van der Waals surface area (Å²) in [5, 5.41) is 3.18. The number of hydrogen-bond acceptors (Lipinski definition) is 2. The van der Waals surface area contributed by atoms with E-state index in [-0.39, 0.29) is 11.4 Å². The summed E-state index contributed by atoms with van der Waals surface area (Å²) in [5.74, 6) is -1.61. The van der Waals surface area contributed by atoms with Gasteiger partial charge in [-0.25, -0.2) is 8.78 Å². The van der Waals surface area contributed by atoms with Crippen LogP contribution in [0, 0.1) is 11.6 Å². The van der Waals surface area contributed by atoms with E-state index in [0.717, 1.165) is 0 Å². The van der Waals surface area contributed by atoms with Crippen molar-refractivity contribution >= 4 is 11.0 Å². The molecule has 0 unspecified atom stereocenters. The predicted octanol–water partition coefficient (Wildman–Crippen LogP) is 2.86.